The number of carbonyl (C=O) groups is 2. The first-order chi connectivity index (χ1) is 29.9. The zero-order valence-corrected chi connectivity index (χ0v) is 38.1. The van der Waals surface area contributed by atoms with Gasteiger partial charge < -0.3 is 25.5 Å². The number of aliphatic hydroxyl groups is 1. The Morgan fingerprint density at radius 2 is 1.06 bits per heavy atom. The maximum absolute atomic E-state index is 12.1. The van der Waals surface area contributed by atoms with Crippen molar-refractivity contribution in [1.29, 1.82) is 0 Å². The molecule has 6 unspecified atom stereocenters. The fraction of sp³-hybridized carbons (Fsp3) is 0.300. The van der Waals surface area contributed by atoms with Crippen molar-refractivity contribution in [1.82, 2.24) is 20.0 Å². The van der Waals surface area contributed by atoms with Gasteiger partial charge in [-0.25, -0.2) is 5.06 Å². The van der Waals surface area contributed by atoms with Crippen molar-refractivity contribution >= 4 is 20.6 Å². The van der Waals surface area contributed by atoms with Crippen LogP contribution in [0.2, 0.25) is 0 Å². The minimum absolute atomic E-state index is 0. The summed E-state index contributed by atoms with van der Waals surface area (Å²) in [4.78, 5) is 40.4. The zero-order chi connectivity index (χ0) is 42.4. The number of amides is 1. The summed E-state index contributed by atoms with van der Waals surface area (Å²) in [6, 6.07) is 36.1. The number of hydrogen-bond acceptors (Lipinski definition) is 10. The molecule has 63 heavy (non-hydrogen) atoms. The van der Waals surface area contributed by atoms with Gasteiger partial charge in [-0.05, 0) is 94.5 Å². The SMILES string of the molecule is CON(C)C(=O)C1CC1c1cncc(OCc2ccccc2)c1.O=CC1CC1c1cncc(OCc2ccccc2)c1.OCC1CC1c1cncc(OCc2ccccc2)c1.[B].[H-].[Na+]. The predicted octanol–water partition coefficient (Wildman–Crippen LogP) is 5.24. The van der Waals surface area contributed by atoms with Gasteiger partial charge in [0.25, 0.3) is 0 Å². The first kappa shape index (κ1) is 48.7. The van der Waals surface area contributed by atoms with Crippen molar-refractivity contribution in [3.63, 3.8) is 0 Å². The predicted molar refractivity (Wildman–Crippen MR) is 237 cm³/mol. The van der Waals surface area contributed by atoms with Gasteiger partial charge in [0.15, 0.2) is 0 Å². The first-order valence-corrected chi connectivity index (χ1v) is 20.6. The number of benzene rings is 3. The molecule has 1 N–H and O–H groups in total. The van der Waals surface area contributed by atoms with Crippen LogP contribution in [0, 0.1) is 17.8 Å². The van der Waals surface area contributed by atoms with Crippen molar-refractivity contribution in [2.45, 2.75) is 56.8 Å². The maximum Gasteiger partial charge on any atom is 1.00 e. The van der Waals surface area contributed by atoms with E-state index in [0.29, 0.717) is 37.6 Å². The fourth-order valence-corrected chi connectivity index (χ4v) is 7.14. The first-order valence-electron chi connectivity index (χ1n) is 20.6. The van der Waals surface area contributed by atoms with Crippen LogP contribution in [0.15, 0.2) is 146 Å². The summed E-state index contributed by atoms with van der Waals surface area (Å²) in [5.41, 5.74) is 6.70. The van der Waals surface area contributed by atoms with Gasteiger partial charge in [-0.2, -0.15) is 0 Å². The van der Waals surface area contributed by atoms with Crippen LogP contribution >= 0.6 is 0 Å². The molecule has 1 amide bonds. The third kappa shape index (κ3) is 14.6. The van der Waals surface area contributed by atoms with E-state index in [1.807, 2.05) is 122 Å². The molecule has 6 aromatic rings. The summed E-state index contributed by atoms with van der Waals surface area (Å²) in [6.07, 6.45) is 14.5. The molecule has 11 nitrogen and oxygen atoms in total. The van der Waals surface area contributed by atoms with Crippen LogP contribution in [-0.4, -0.2) is 66.5 Å². The third-order valence-electron chi connectivity index (χ3n) is 11.1. The van der Waals surface area contributed by atoms with Crippen molar-refractivity contribution in [3.8, 4) is 17.2 Å². The number of rotatable bonds is 16. The second kappa shape index (κ2) is 24.5. The second-order valence-corrected chi connectivity index (χ2v) is 15.6. The minimum atomic E-state index is -0.0221. The molecule has 3 aromatic carbocycles. The molecule has 9 rings (SSSR count). The Morgan fingerprint density at radius 3 is 1.43 bits per heavy atom. The fourth-order valence-electron chi connectivity index (χ4n) is 7.14. The number of hydroxylamine groups is 2. The van der Waals surface area contributed by atoms with Gasteiger partial charge in [-0.1, -0.05) is 91.0 Å². The minimum Gasteiger partial charge on any atom is -1.00 e. The van der Waals surface area contributed by atoms with Crippen LogP contribution in [0.25, 0.3) is 0 Å². The number of carbonyl (C=O) groups excluding carboxylic acids is 2. The summed E-state index contributed by atoms with van der Waals surface area (Å²) < 4.78 is 17.3. The molecule has 3 fully saturated rings. The molecule has 13 heteroatoms. The van der Waals surface area contributed by atoms with Crippen molar-refractivity contribution in [2.75, 3.05) is 20.8 Å². The quantitative estimate of drug-likeness (QED) is 0.0784. The van der Waals surface area contributed by atoms with Crippen LogP contribution in [0.4, 0.5) is 0 Å². The summed E-state index contributed by atoms with van der Waals surface area (Å²) in [7, 11) is 3.13. The molecule has 3 radical (unpaired) electrons. The maximum atomic E-state index is 12.1. The number of ether oxygens (including phenoxy) is 3. The molecule has 6 atom stereocenters. The monoisotopic (exact) mass is 855 g/mol. The largest absolute Gasteiger partial charge is 1.00 e. The van der Waals surface area contributed by atoms with Crippen molar-refractivity contribution in [2.24, 2.45) is 17.8 Å². The van der Waals surface area contributed by atoms with Gasteiger partial charge in [0, 0.05) is 52.5 Å². The topological polar surface area (TPSA) is 133 Å². The molecule has 0 spiro atoms. The van der Waals surface area contributed by atoms with E-state index in [0.717, 1.165) is 70.6 Å². The van der Waals surface area contributed by atoms with E-state index in [9.17, 15) is 9.59 Å². The average molecular weight is 856 g/mol. The zero-order valence-electron chi connectivity index (χ0n) is 37.1. The molecule has 3 aromatic heterocycles. The Hall–Kier alpha value is -5.37. The number of pyridine rings is 3. The summed E-state index contributed by atoms with van der Waals surface area (Å²) in [5.74, 6) is 3.85. The smallest absolute Gasteiger partial charge is 1.00 e. The van der Waals surface area contributed by atoms with Crippen LogP contribution in [0.3, 0.4) is 0 Å². The van der Waals surface area contributed by atoms with E-state index in [4.69, 9.17) is 24.2 Å². The second-order valence-electron chi connectivity index (χ2n) is 15.6. The summed E-state index contributed by atoms with van der Waals surface area (Å²) >= 11 is 0. The molecule has 3 aliphatic carbocycles. The molecule has 3 saturated carbocycles. The van der Waals surface area contributed by atoms with Crippen molar-refractivity contribution in [3.05, 3.63) is 180 Å². The van der Waals surface area contributed by atoms with Gasteiger partial charge in [0.1, 0.15) is 43.4 Å². The van der Waals surface area contributed by atoms with Crippen molar-refractivity contribution < 1.29 is 64.7 Å². The number of aldehydes is 1. The van der Waals surface area contributed by atoms with Gasteiger partial charge in [-0.15, -0.1) is 0 Å². The Balaban J connectivity index is 0.000000207. The molecule has 0 saturated heterocycles. The number of aromatic nitrogens is 3. The Kier molecular flexibility index (Phi) is 18.9. The van der Waals surface area contributed by atoms with Crippen LogP contribution < -0.4 is 43.8 Å². The van der Waals surface area contributed by atoms with Gasteiger partial charge in [0.2, 0.25) is 5.91 Å². The van der Waals surface area contributed by atoms with Crippen LogP contribution in [0.5, 0.6) is 17.2 Å². The van der Waals surface area contributed by atoms with Gasteiger partial charge in [-0.3, -0.25) is 24.6 Å². The average Bonchev–Trinajstić information content (AvgIpc) is 4.22. The van der Waals surface area contributed by atoms with E-state index in [2.05, 4.69) is 15.0 Å². The Morgan fingerprint density at radius 1 is 0.651 bits per heavy atom. The standard InChI is InChI=1S/C18H20N2O3.C16H17NO2.C16H15NO2.B.Na.H/c1-20(22-2)18(21)17-9-16(17)14-8-15(11-19-10-14)23-12-13-6-4-3-5-7-13;2*18-10-14-7-16(14)13-6-15(9-17-8-13)19-11-12-4-2-1-3-5-12;;;/h3-8,10-11,16-17H,9,12H2,1-2H3;1-6,8-9,14,16,18H,7,10-11H2;1-6,8-10,14,16H,7,11H2;;;/q;;;;+1;-1. The molecular weight excluding hydrogens is 802 g/mol. The number of nitrogens with zero attached hydrogens (tertiary/aromatic N) is 4. The van der Waals surface area contributed by atoms with Gasteiger partial charge >= 0.3 is 29.6 Å². The summed E-state index contributed by atoms with van der Waals surface area (Å²) in [6.45, 7) is 1.86. The molecule has 319 valence electrons. The van der Waals surface area contributed by atoms with Crippen LogP contribution in [-0.2, 0) is 34.2 Å². The van der Waals surface area contributed by atoms with E-state index in [1.165, 1.54) is 17.7 Å². The number of aliphatic hydroxyl groups excluding tert-OH is 1. The van der Waals surface area contributed by atoms with Crippen LogP contribution in [0.1, 0.15) is 71.8 Å². The normalized spacial score (nSPS) is 19.7. The Labute approximate surface area is 395 Å². The molecule has 0 bridgehead atoms. The molecular formula is C50H53BN4NaO7. The summed E-state index contributed by atoms with van der Waals surface area (Å²) in [5, 5.41) is 10.4. The van der Waals surface area contributed by atoms with E-state index >= 15 is 0 Å². The van der Waals surface area contributed by atoms with E-state index in [1.54, 1.807) is 31.8 Å². The van der Waals surface area contributed by atoms with Gasteiger partial charge in [0.05, 0.1) is 25.7 Å². The third-order valence-corrected chi connectivity index (χ3v) is 11.1. The molecule has 0 aliphatic heterocycles. The number of hydrogen-bond donors (Lipinski definition) is 1. The van der Waals surface area contributed by atoms with E-state index in [-0.39, 0.29) is 69.7 Å². The molecule has 3 heterocycles. The van der Waals surface area contributed by atoms with E-state index < -0.39 is 0 Å². The Bertz CT molecular complexity index is 2320. The molecule has 3 aliphatic rings.